The smallest absolute Gasteiger partial charge is 0.313 e. The van der Waals surface area contributed by atoms with Crippen LogP contribution >= 0.6 is 0 Å². The summed E-state index contributed by atoms with van der Waals surface area (Å²) in [5.41, 5.74) is -0.921. The van der Waals surface area contributed by atoms with Crippen molar-refractivity contribution >= 4 is 11.9 Å². The quantitative estimate of drug-likeness (QED) is 0.762. The predicted molar refractivity (Wildman–Crippen MR) is 69.6 cm³/mol. The van der Waals surface area contributed by atoms with Crippen molar-refractivity contribution in [3.05, 3.63) is 12.2 Å². The summed E-state index contributed by atoms with van der Waals surface area (Å²) in [6, 6.07) is 0. The van der Waals surface area contributed by atoms with E-state index in [4.69, 9.17) is 4.74 Å². The number of methoxy groups -OCH3 is 1. The first kappa shape index (κ1) is 14.1. The number of carbonyl (C=O) groups excluding carboxylic acids is 1. The van der Waals surface area contributed by atoms with Gasteiger partial charge in [0, 0.05) is 26.6 Å². The molecular weight excluding hydrogens is 246 g/mol. The standard InChI is InChI=1S/C14H21NO4/c1-19-10-14(13(17)18)6-7-15(9-14)12(16)8-11-4-2-3-5-11/h2,4,11H,3,5-10H2,1H3,(H,17,18). The Labute approximate surface area is 113 Å². The van der Waals surface area contributed by atoms with Gasteiger partial charge >= 0.3 is 5.97 Å². The zero-order valence-corrected chi connectivity index (χ0v) is 11.3. The fourth-order valence-electron chi connectivity index (χ4n) is 2.93. The summed E-state index contributed by atoms with van der Waals surface area (Å²) in [6.45, 7) is 0.950. The second kappa shape index (κ2) is 5.74. The molecule has 5 heteroatoms. The first-order valence-corrected chi connectivity index (χ1v) is 6.74. The fraction of sp³-hybridized carbons (Fsp3) is 0.714. The Morgan fingerprint density at radius 1 is 1.53 bits per heavy atom. The minimum Gasteiger partial charge on any atom is -0.481 e. The summed E-state index contributed by atoms with van der Waals surface area (Å²) in [5.74, 6) is -0.476. The zero-order valence-electron chi connectivity index (χ0n) is 11.3. The number of rotatable bonds is 5. The third-order valence-corrected chi connectivity index (χ3v) is 4.13. The van der Waals surface area contributed by atoms with E-state index >= 15 is 0 Å². The number of carbonyl (C=O) groups is 2. The van der Waals surface area contributed by atoms with Crippen LogP contribution in [0.3, 0.4) is 0 Å². The lowest BCUT2D eigenvalue weighted by atomic mass is 9.88. The molecule has 5 nitrogen and oxygen atoms in total. The molecule has 2 aliphatic rings. The predicted octanol–water partition coefficient (Wildman–Crippen LogP) is 1.29. The Hall–Kier alpha value is -1.36. The molecule has 1 amide bonds. The van der Waals surface area contributed by atoms with Crippen LogP contribution in [0.25, 0.3) is 0 Å². The topological polar surface area (TPSA) is 66.8 Å². The van der Waals surface area contributed by atoms with Crippen LogP contribution in [0.4, 0.5) is 0 Å². The van der Waals surface area contributed by atoms with Gasteiger partial charge in [0.25, 0.3) is 0 Å². The van der Waals surface area contributed by atoms with E-state index in [2.05, 4.69) is 12.2 Å². The molecule has 0 bridgehead atoms. The Kier molecular flexibility index (Phi) is 4.24. The lowest BCUT2D eigenvalue weighted by Gasteiger charge is -2.24. The summed E-state index contributed by atoms with van der Waals surface area (Å²) in [7, 11) is 1.50. The van der Waals surface area contributed by atoms with Gasteiger partial charge in [-0.15, -0.1) is 0 Å². The number of allylic oxidation sites excluding steroid dienone is 2. The van der Waals surface area contributed by atoms with Gasteiger partial charge in [0.05, 0.1) is 6.61 Å². The molecule has 0 spiro atoms. The first-order chi connectivity index (χ1) is 9.07. The summed E-state index contributed by atoms with van der Waals surface area (Å²) in [5, 5.41) is 9.35. The molecule has 1 heterocycles. The average Bonchev–Trinajstić information content (AvgIpc) is 2.99. The van der Waals surface area contributed by atoms with E-state index in [0.29, 0.717) is 25.3 Å². The van der Waals surface area contributed by atoms with E-state index in [1.165, 1.54) is 7.11 Å². The molecular formula is C14H21NO4. The number of hydrogen-bond acceptors (Lipinski definition) is 3. The molecule has 1 fully saturated rings. The van der Waals surface area contributed by atoms with Crippen molar-refractivity contribution in [1.82, 2.24) is 4.90 Å². The van der Waals surface area contributed by atoms with Gasteiger partial charge in [-0.1, -0.05) is 12.2 Å². The van der Waals surface area contributed by atoms with Crippen molar-refractivity contribution in [2.24, 2.45) is 11.3 Å². The Morgan fingerprint density at radius 3 is 2.89 bits per heavy atom. The van der Waals surface area contributed by atoms with Crippen LogP contribution in [-0.2, 0) is 14.3 Å². The number of hydrogen-bond donors (Lipinski definition) is 1. The summed E-state index contributed by atoms with van der Waals surface area (Å²) in [6.07, 6.45) is 7.24. The number of ether oxygens (including phenoxy) is 1. The van der Waals surface area contributed by atoms with Crippen molar-refractivity contribution in [2.45, 2.75) is 25.7 Å². The van der Waals surface area contributed by atoms with E-state index in [-0.39, 0.29) is 19.1 Å². The van der Waals surface area contributed by atoms with Gasteiger partial charge in [0.2, 0.25) is 5.91 Å². The van der Waals surface area contributed by atoms with E-state index in [1.807, 2.05) is 0 Å². The van der Waals surface area contributed by atoms with Crippen molar-refractivity contribution in [1.29, 1.82) is 0 Å². The number of aliphatic carboxylic acids is 1. The number of likely N-dealkylation sites (tertiary alicyclic amines) is 1. The molecule has 19 heavy (non-hydrogen) atoms. The van der Waals surface area contributed by atoms with Gasteiger partial charge in [-0.3, -0.25) is 9.59 Å². The molecule has 1 N–H and O–H groups in total. The number of carboxylic acid groups (broad SMARTS) is 1. The van der Waals surface area contributed by atoms with Crippen LogP contribution in [0.5, 0.6) is 0 Å². The SMILES string of the molecule is COCC1(C(=O)O)CCN(C(=O)CC2C=CCC2)C1. The van der Waals surface area contributed by atoms with Crippen LogP contribution in [0.2, 0.25) is 0 Å². The Morgan fingerprint density at radius 2 is 2.32 bits per heavy atom. The maximum absolute atomic E-state index is 12.2. The van der Waals surface area contributed by atoms with Crippen LogP contribution in [0.15, 0.2) is 12.2 Å². The largest absolute Gasteiger partial charge is 0.481 e. The number of carboxylic acids is 1. The second-order valence-electron chi connectivity index (χ2n) is 5.55. The first-order valence-electron chi connectivity index (χ1n) is 6.74. The molecule has 2 unspecified atom stereocenters. The van der Waals surface area contributed by atoms with Gasteiger partial charge in [0.15, 0.2) is 0 Å². The molecule has 0 aromatic carbocycles. The molecule has 0 aromatic rings. The van der Waals surface area contributed by atoms with Crippen molar-refractivity contribution in [3.8, 4) is 0 Å². The summed E-state index contributed by atoms with van der Waals surface area (Å²) >= 11 is 0. The van der Waals surface area contributed by atoms with Gasteiger partial charge < -0.3 is 14.7 Å². The summed E-state index contributed by atoms with van der Waals surface area (Å²) < 4.78 is 5.02. The van der Waals surface area contributed by atoms with E-state index in [1.54, 1.807) is 4.90 Å². The number of nitrogens with zero attached hydrogens (tertiary/aromatic N) is 1. The highest BCUT2D eigenvalue weighted by Crippen LogP contribution is 2.32. The van der Waals surface area contributed by atoms with Gasteiger partial charge in [-0.05, 0) is 25.2 Å². The lowest BCUT2D eigenvalue weighted by Crippen LogP contribution is -2.40. The van der Waals surface area contributed by atoms with Crippen LogP contribution in [0, 0.1) is 11.3 Å². The molecule has 1 aliphatic heterocycles. The monoisotopic (exact) mass is 267 g/mol. The zero-order chi connectivity index (χ0) is 13.9. The maximum Gasteiger partial charge on any atom is 0.313 e. The van der Waals surface area contributed by atoms with Crippen molar-refractivity contribution in [3.63, 3.8) is 0 Å². The highest BCUT2D eigenvalue weighted by atomic mass is 16.5. The third kappa shape index (κ3) is 2.97. The molecule has 2 atom stereocenters. The van der Waals surface area contributed by atoms with E-state index in [9.17, 15) is 14.7 Å². The average molecular weight is 267 g/mol. The van der Waals surface area contributed by atoms with Crippen LogP contribution in [-0.4, -0.2) is 48.7 Å². The lowest BCUT2D eigenvalue weighted by molar-refractivity contribution is -0.151. The number of amides is 1. The molecule has 1 saturated heterocycles. The van der Waals surface area contributed by atoms with Gasteiger partial charge in [0.1, 0.15) is 5.41 Å². The molecule has 0 radical (unpaired) electrons. The minimum atomic E-state index is -0.921. The van der Waals surface area contributed by atoms with Crippen LogP contribution < -0.4 is 0 Å². The van der Waals surface area contributed by atoms with E-state index in [0.717, 1.165) is 12.8 Å². The van der Waals surface area contributed by atoms with E-state index < -0.39 is 11.4 Å². The second-order valence-corrected chi connectivity index (χ2v) is 5.55. The molecule has 1 aliphatic carbocycles. The van der Waals surface area contributed by atoms with Crippen LogP contribution in [0.1, 0.15) is 25.7 Å². The molecule has 0 saturated carbocycles. The Balaban J connectivity index is 1.94. The van der Waals surface area contributed by atoms with Gasteiger partial charge in [-0.2, -0.15) is 0 Å². The maximum atomic E-state index is 12.2. The van der Waals surface area contributed by atoms with Crippen molar-refractivity contribution in [2.75, 3.05) is 26.8 Å². The molecule has 0 aromatic heterocycles. The Bertz CT molecular complexity index is 393. The minimum absolute atomic E-state index is 0.0655. The fourth-order valence-corrected chi connectivity index (χ4v) is 2.93. The third-order valence-electron chi connectivity index (χ3n) is 4.13. The molecule has 106 valence electrons. The van der Waals surface area contributed by atoms with Crippen molar-refractivity contribution < 1.29 is 19.4 Å². The summed E-state index contributed by atoms with van der Waals surface area (Å²) in [4.78, 5) is 25.3. The van der Waals surface area contributed by atoms with Gasteiger partial charge in [-0.25, -0.2) is 0 Å². The highest BCUT2D eigenvalue weighted by Gasteiger charge is 2.46. The molecule has 2 rings (SSSR count). The highest BCUT2D eigenvalue weighted by molar-refractivity contribution is 5.81. The normalized spacial score (nSPS) is 29.9.